The van der Waals surface area contributed by atoms with Crippen LogP contribution in [0.1, 0.15) is 52.4 Å². The van der Waals surface area contributed by atoms with Gasteiger partial charge in [-0.2, -0.15) is 0 Å². The fourth-order valence-electron chi connectivity index (χ4n) is 2.69. The molecule has 2 atom stereocenters. The highest BCUT2D eigenvalue weighted by atomic mass is 16.5. The van der Waals surface area contributed by atoms with E-state index in [1.807, 2.05) is 0 Å². The molecule has 0 amide bonds. The number of rotatable bonds is 5. The molecule has 1 rings (SSSR count). The van der Waals surface area contributed by atoms with Crippen LogP contribution in [0.2, 0.25) is 0 Å². The molecule has 0 aliphatic heterocycles. The summed E-state index contributed by atoms with van der Waals surface area (Å²) in [6, 6.07) is 1.13. The summed E-state index contributed by atoms with van der Waals surface area (Å²) in [6.45, 7) is 5.36. The van der Waals surface area contributed by atoms with Crippen molar-refractivity contribution in [3.05, 3.63) is 0 Å². The van der Waals surface area contributed by atoms with E-state index >= 15 is 0 Å². The Morgan fingerprint density at radius 2 is 1.73 bits per heavy atom. The van der Waals surface area contributed by atoms with Gasteiger partial charge in [-0.05, 0) is 32.6 Å². The van der Waals surface area contributed by atoms with Gasteiger partial charge < -0.3 is 10.1 Å². The molecule has 1 fully saturated rings. The molecular weight excluding hydrogens is 186 g/mol. The summed E-state index contributed by atoms with van der Waals surface area (Å²) in [4.78, 5) is 0. The number of nitrogens with one attached hydrogen (secondary N) is 1. The summed E-state index contributed by atoms with van der Waals surface area (Å²) >= 11 is 0. The van der Waals surface area contributed by atoms with Crippen LogP contribution in [0.5, 0.6) is 0 Å². The minimum absolute atomic E-state index is 0.480. The highest BCUT2D eigenvalue weighted by Crippen LogP contribution is 2.25. The van der Waals surface area contributed by atoms with Crippen LogP contribution in [0.25, 0.3) is 0 Å². The maximum Gasteiger partial charge on any atom is 0.0613 e. The van der Waals surface area contributed by atoms with Crippen molar-refractivity contribution in [3.63, 3.8) is 0 Å². The molecule has 0 aromatic carbocycles. The van der Waals surface area contributed by atoms with Gasteiger partial charge in [-0.3, -0.25) is 0 Å². The first kappa shape index (κ1) is 13.0. The number of hydrogen-bond acceptors (Lipinski definition) is 2. The van der Waals surface area contributed by atoms with Gasteiger partial charge in [-0.15, -0.1) is 0 Å². The lowest BCUT2D eigenvalue weighted by molar-refractivity contribution is 0.160. The second-order valence-corrected chi connectivity index (χ2v) is 5.06. The van der Waals surface area contributed by atoms with Crippen molar-refractivity contribution in [2.45, 2.75) is 64.5 Å². The van der Waals surface area contributed by atoms with E-state index in [1.54, 1.807) is 7.11 Å². The highest BCUT2D eigenvalue weighted by molar-refractivity contribution is 4.77. The molecule has 0 spiro atoms. The third kappa shape index (κ3) is 4.98. The first-order chi connectivity index (χ1) is 7.24. The van der Waals surface area contributed by atoms with Gasteiger partial charge in [0.2, 0.25) is 0 Å². The zero-order chi connectivity index (χ0) is 11.1. The molecular formula is C13H27NO. The van der Waals surface area contributed by atoms with Crippen molar-refractivity contribution < 1.29 is 4.74 Å². The Labute approximate surface area is 94.8 Å². The molecule has 0 radical (unpaired) electrons. The third-order valence-electron chi connectivity index (χ3n) is 3.57. The maximum absolute atomic E-state index is 5.15. The molecule has 0 saturated heterocycles. The van der Waals surface area contributed by atoms with E-state index < -0.39 is 0 Å². The van der Waals surface area contributed by atoms with E-state index in [0.29, 0.717) is 12.1 Å². The Balaban J connectivity index is 2.27. The van der Waals surface area contributed by atoms with E-state index in [4.69, 9.17) is 4.74 Å². The van der Waals surface area contributed by atoms with Gasteiger partial charge in [0.25, 0.3) is 0 Å². The summed E-state index contributed by atoms with van der Waals surface area (Å²) < 4.78 is 5.15. The minimum Gasteiger partial charge on any atom is -0.383 e. The molecule has 1 aliphatic carbocycles. The molecule has 1 N–H and O–H groups in total. The molecule has 0 heterocycles. The van der Waals surface area contributed by atoms with Gasteiger partial charge >= 0.3 is 0 Å². The average Bonchev–Trinajstić information content (AvgIpc) is 2.45. The lowest BCUT2D eigenvalue weighted by atomic mass is 9.92. The van der Waals surface area contributed by atoms with Gasteiger partial charge in [-0.1, -0.05) is 25.7 Å². The van der Waals surface area contributed by atoms with Crippen molar-refractivity contribution in [1.82, 2.24) is 5.32 Å². The van der Waals surface area contributed by atoms with Crippen molar-refractivity contribution in [3.8, 4) is 0 Å². The van der Waals surface area contributed by atoms with Crippen molar-refractivity contribution >= 4 is 0 Å². The average molecular weight is 213 g/mol. The summed E-state index contributed by atoms with van der Waals surface area (Å²) in [7, 11) is 1.77. The van der Waals surface area contributed by atoms with E-state index in [-0.39, 0.29) is 0 Å². The van der Waals surface area contributed by atoms with Crippen molar-refractivity contribution in [2.24, 2.45) is 5.92 Å². The Hall–Kier alpha value is -0.0800. The van der Waals surface area contributed by atoms with Gasteiger partial charge in [0.15, 0.2) is 0 Å². The first-order valence-electron chi connectivity index (χ1n) is 6.49. The molecule has 1 aliphatic rings. The molecule has 2 nitrogen and oxygen atoms in total. The Morgan fingerprint density at radius 3 is 2.27 bits per heavy atom. The van der Waals surface area contributed by atoms with E-state index in [2.05, 4.69) is 19.2 Å². The number of hydrogen-bond donors (Lipinski definition) is 1. The standard InChI is InChI=1S/C13H27NO/c1-11(10-15-3)14-12(2)13-8-6-4-5-7-9-13/h11-14H,4-10H2,1-3H3/t11?,12-/m1/s1. The summed E-state index contributed by atoms with van der Waals surface area (Å²) in [5.41, 5.74) is 0. The molecule has 2 heteroatoms. The summed E-state index contributed by atoms with van der Waals surface area (Å²) in [6.07, 6.45) is 8.56. The third-order valence-corrected chi connectivity index (χ3v) is 3.57. The van der Waals surface area contributed by atoms with Crippen LogP contribution in [0, 0.1) is 5.92 Å². The predicted octanol–water partition coefficient (Wildman–Crippen LogP) is 2.97. The quantitative estimate of drug-likeness (QED) is 0.709. The van der Waals surface area contributed by atoms with E-state index in [0.717, 1.165) is 12.5 Å². The lowest BCUT2D eigenvalue weighted by Gasteiger charge is -2.26. The highest BCUT2D eigenvalue weighted by Gasteiger charge is 2.19. The monoisotopic (exact) mass is 213 g/mol. The molecule has 15 heavy (non-hydrogen) atoms. The molecule has 0 aromatic rings. The normalized spacial score (nSPS) is 23.4. The lowest BCUT2D eigenvalue weighted by Crippen LogP contribution is -2.41. The van der Waals surface area contributed by atoms with E-state index in [9.17, 15) is 0 Å². The molecule has 90 valence electrons. The minimum atomic E-state index is 0.480. The molecule has 1 saturated carbocycles. The maximum atomic E-state index is 5.15. The van der Waals surface area contributed by atoms with Gasteiger partial charge in [0.1, 0.15) is 0 Å². The number of methoxy groups -OCH3 is 1. The van der Waals surface area contributed by atoms with Gasteiger partial charge in [-0.25, -0.2) is 0 Å². The predicted molar refractivity (Wildman–Crippen MR) is 65.1 cm³/mol. The zero-order valence-electron chi connectivity index (χ0n) is 10.6. The first-order valence-corrected chi connectivity index (χ1v) is 6.49. The smallest absolute Gasteiger partial charge is 0.0613 e. The summed E-state index contributed by atoms with van der Waals surface area (Å²) in [5, 5.41) is 3.65. The second kappa shape index (κ2) is 7.24. The Bertz CT molecular complexity index is 153. The van der Waals surface area contributed by atoms with Crippen molar-refractivity contribution in [1.29, 1.82) is 0 Å². The Morgan fingerprint density at radius 1 is 1.13 bits per heavy atom. The van der Waals surface area contributed by atoms with Gasteiger partial charge in [0, 0.05) is 19.2 Å². The van der Waals surface area contributed by atoms with Crippen LogP contribution >= 0.6 is 0 Å². The van der Waals surface area contributed by atoms with Crippen LogP contribution in [0.15, 0.2) is 0 Å². The molecule has 0 aromatic heterocycles. The van der Waals surface area contributed by atoms with E-state index in [1.165, 1.54) is 38.5 Å². The van der Waals surface area contributed by atoms with Crippen LogP contribution < -0.4 is 5.32 Å². The fraction of sp³-hybridized carbons (Fsp3) is 1.00. The molecule has 1 unspecified atom stereocenters. The van der Waals surface area contributed by atoms with Gasteiger partial charge in [0.05, 0.1) is 6.61 Å². The van der Waals surface area contributed by atoms with Crippen LogP contribution in [-0.2, 0) is 4.74 Å². The van der Waals surface area contributed by atoms with Crippen LogP contribution in [0.3, 0.4) is 0 Å². The Kier molecular flexibility index (Phi) is 6.26. The zero-order valence-corrected chi connectivity index (χ0v) is 10.6. The van der Waals surface area contributed by atoms with Crippen molar-refractivity contribution in [2.75, 3.05) is 13.7 Å². The van der Waals surface area contributed by atoms with Crippen LogP contribution in [-0.4, -0.2) is 25.8 Å². The molecule has 0 bridgehead atoms. The summed E-state index contributed by atoms with van der Waals surface area (Å²) in [5.74, 6) is 0.881. The largest absolute Gasteiger partial charge is 0.383 e. The van der Waals surface area contributed by atoms with Crippen LogP contribution in [0.4, 0.5) is 0 Å². The number of ether oxygens (including phenoxy) is 1. The fourth-order valence-corrected chi connectivity index (χ4v) is 2.69. The SMILES string of the molecule is COCC(C)N[C@H](C)C1CCCCCC1. The topological polar surface area (TPSA) is 21.3 Å². The second-order valence-electron chi connectivity index (χ2n) is 5.06.